The molecule has 1 unspecified atom stereocenters. The molecule has 3 fully saturated rings. The summed E-state index contributed by atoms with van der Waals surface area (Å²) in [6.45, 7) is 6.20. The fourth-order valence-corrected chi connectivity index (χ4v) is 5.59. The summed E-state index contributed by atoms with van der Waals surface area (Å²) in [5.74, 6) is 0.0332. The van der Waals surface area contributed by atoms with Crippen LogP contribution >= 0.6 is 23.2 Å². The fraction of sp³-hybridized carbons (Fsp3) is 0.625. The van der Waals surface area contributed by atoms with Gasteiger partial charge in [-0.3, -0.25) is 9.59 Å². The third kappa shape index (κ3) is 4.80. The van der Waals surface area contributed by atoms with Crippen molar-refractivity contribution in [3.63, 3.8) is 0 Å². The zero-order valence-electron chi connectivity index (χ0n) is 19.3. The highest BCUT2D eigenvalue weighted by Gasteiger charge is 2.52. The molecule has 0 bridgehead atoms. The van der Waals surface area contributed by atoms with Crippen molar-refractivity contribution in [3.8, 4) is 0 Å². The lowest BCUT2D eigenvalue weighted by Gasteiger charge is -2.33. The average molecular weight is 496 g/mol. The molecule has 1 aromatic rings. The quantitative estimate of drug-likeness (QED) is 0.678. The predicted molar refractivity (Wildman–Crippen MR) is 127 cm³/mol. The minimum atomic E-state index is -1.03. The topological polar surface area (TPSA) is 81.2 Å². The summed E-state index contributed by atoms with van der Waals surface area (Å²) in [7, 11) is 1.54. The molecule has 1 N–H and O–H groups in total. The molecule has 9 heteroatoms. The second kappa shape index (κ2) is 8.99. The third-order valence-corrected chi connectivity index (χ3v) is 8.48. The molecule has 3 aliphatic rings. The summed E-state index contributed by atoms with van der Waals surface area (Å²) < 4.78 is 0. The molecule has 1 saturated carbocycles. The van der Waals surface area contributed by atoms with Gasteiger partial charge in [0.25, 0.3) is 0 Å². The van der Waals surface area contributed by atoms with Gasteiger partial charge in [-0.15, -0.1) is 0 Å². The van der Waals surface area contributed by atoms with Gasteiger partial charge >= 0.3 is 6.09 Å². The van der Waals surface area contributed by atoms with Crippen molar-refractivity contribution in [2.45, 2.75) is 45.1 Å². The first-order chi connectivity index (χ1) is 15.5. The number of carbonyl (C=O) groups excluding carboxylic acids is 2. The third-order valence-electron chi connectivity index (χ3n) is 7.74. The zero-order valence-corrected chi connectivity index (χ0v) is 20.8. The van der Waals surface area contributed by atoms with Gasteiger partial charge in [0.05, 0.1) is 16.1 Å². The second-order valence-electron chi connectivity index (χ2n) is 10.3. The molecule has 33 heavy (non-hydrogen) atoms. The molecule has 2 saturated heterocycles. The van der Waals surface area contributed by atoms with Gasteiger partial charge in [-0.1, -0.05) is 43.1 Å². The Balaban J connectivity index is 1.43. The summed E-state index contributed by atoms with van der Waals surface area (Å²) >= 11 is 12.3. The number of piperidine rings is 1. The lowest BCUT2D eigenvalue weighted by Crippen LogP contribution is -2.45. The molecular formula is C24H31Cl2N3O4. The van der Waals surface area contributed by atoms with E-state index in [9.17, 15) is 19.5 Å². The molecule has 0 radical (unpaired) electrons. The standard InChI is InChI=1S/C24H31Cl2N3O4/c1-24(2)11-17(24)22(31)28-8-6-14(7-9-28)21(30)29-12-16(20(13-29)27(3)23(32)33)15-4-5-18(25)19(26)10-15/h4-5,10,14,16-17,20H,6-9,11-13H2,1-3H3,(H,32,33)/t16-,17?,20+/m0/s1. The van der Waals surface area contributed by atoms with E-state index in [1.165, 1.54) is 11.9 Å². The van der Waals surface area contributed by atoms with E-state index in [0.29, 0.717) is 49.1 Å². The molecule has 1 aromatic carbocycles. The van der Waals surface area contributed by atoms with Gasteiger partial charge in [0.2, 0.25) is 11.8 Å². The molecule has 3 atom stereocenters. The molecular weight excluding hydrogens is 465 g/mol. The Morgan fingerprint density at radius 3 is 2.21 bits per heavy atom. The molecule has 7 nitrogen and oxygen atoms in total. The highest BCUT2D eigenvalue weighted by Crippen LogP contribution is 2.52. The van der Waals surface area contributed by atoms with E-state index in [2.05, 4.69) is 13.8 Å². The lowest BCUT2D eigenvalue weighted by molar-refractivity contribution is -0.141. The predicted octanol–water partition coefficient (Wildman–Crippen LogP) is 4.18. The van der Waals surface area contributed by atoms with Crippen LogP contribution in [-0.2, 0) is 9.59 Å². The van der Waals surface area contributed by atoms with Gasteiger partial charge in [0.15, 0.2) is 0 Å². The first-order valence-electron chi connectivity index (χ1n) is 11.5. The minimum absolute atomic E-state index is 0.0419. The van der Waals surface area contributed by atoms with Crippen LogP contribution in [0.1, 0.15) is 44.6 Å². The molecule has 4 rings (SSSR count). The van der Waals surface area contributed by atoms with E-state index in [4.69, 9.17) is 23.2 Å². The highest BCUT2D eigenvalue weighted by atomic mass is 35.5. The Hall–Kier alpha value is -1.99. The monoisotopic (exact) mass is 495 g/mol. The second-order valence-corrected chi connectivity index (χ2v) is 11.1. The van der Waals surface area contributed by atoms with Gasteiger partial charge < -0.3 is 19.8 Å². The maximum atomic E-state index is 13.4. The van der Waals surface area contributed by atoms with E-state index in [-0.39, 0.29) is 41.0 Å². The SMILES string of the molecule is CN(C(=O)O)[C@@H]1CN(C(=O)C2CCN(C(=O)C3CC3(C)C)CC2)C[C@H]1c1ccc(Cl)c(Cl)c1. The highest BCUT2D eigenvalue weighted by molar-refractivity contribution is 6.42. The Labute approximate surface area is 204 Å². The first-order valence-corrected chi connectivity index (χ1v) is 12.2. The summed E-state index contributed by atoms with van der Waals surface area (Å²) in [5.41, 5.74) is 0.967. The van der Waals surface area contributed by atoms with Crippen LogP contribution in [0.2, 0.25) is 10.0 Å². The zero-order chi connectivity index (χ0) is 24.1. The van der Waals surface area contributed by atoms with E-state index < -0.39 is 6.09 Å². The van der Waals surface area contributed by atoms with Gasteiger partial charge in [-0.25, -0.2) is 4.79 Å². The van der Waals surface area contributed by atoms with Gasteiger partial charge in [0.1, 0.15) is 0 Å². The van der Waals surface area contributed by atoms with E-state index in [0.717, 1.165) is 12.0 Å². The number of halogens is 2. The van der Waals surface area contributed by atoms with Crippen LogP contribution in [0, 0.1) is 17.3 Å². The van der Waals surface area contributed by atoms with Crippen molar-refractivity contribution in [1.29, 1.82) is 0 Å². The number of carboxylic acid groups (broad SMARTS) is 1. The molecule has 0 spiro atoms. The lowest BCUT2D eigenvalue weighted by atomic mass is 9.93. The van der Waals surface area contributed by atoms with Crippen LogP contribution in [0.5, 0.6) is 0 Å². The number of likely N-dealkylation sites (N-methyl/N-ethyl adjacent to an activating group) is 1. The van der Waals surface area contributed by atoms with Crippen LogP contribution in [0.3, 0.4) is 0 Å². The van der Waals surface area contributed by atoms with Crippen LogP contribution in [0.4, 0.5) is 4.79 Å². The number of hydrogen-bond donors (Lipinski definition) is 1. The van der Waals surface area contributed by atoms with Crippen molar-refractivity contribution in [2.75, 3.05) is 33.2 Å². The normalized spacial score (nSPS) is 26.9. The molecule has 2 aliphatic heterocycles. The van der Waals surface area contributed by atoms with Gasteiger partial charge in [0, 0.05) is 51.0 Å². The number of likely N-dealkylation sites (tertiary alicyclic amines) is 2. The minimum Gasteiger partial charge on any atom is -0.465 e. The number of carbonyl (C=O) groups is 3. The summed E-state index contributed by atoms with van der Waals surface area (Å²) in [4.78, 5) is 42.7. The van der Waals surface area contributed by atoms with Crippen LogP contribution in [-0.4, -0.2) is 77.0 Å². The van der Waals surface area contributed by atoms with Crippen molar-refractivity contribution in [3.05, 3.63) is 33.8 Å². The largest absolute Gasteiger partial charge is 0.465 e. The Bertz CT molecular complexity index is 961. The Morgan fingerprint density at radius 2 is 1.67 bits per heavy atom. The molecule has 0 aromatic heterocycles. The molecule has 180 valence electrons. The molecule has 2 heterocycles. The van der Waals surface area contributed by atoms with Gasteiger partial charge in [-0.05, 0) is 42.4 Å². The van der Waals surface area contributed by atoms with E-state index >= 15 is 0 Å². The summed E-state index contributed by atoms with van der Waals surface area (Å²) in [6.07, 6.45) is 1.19. The number of amides is 3. The van der Waals surface area contributed by atoms with Crippen molar-refractivity contribution >= 4 is 41.1 Å². The number of hydrogen-bond acceptors (Lipinski definition) is 3. The fourth-order valence-electron chi connectivity index (χ4n) is 5.29. The van der Waals surface area contributed by atoms with Crippen LogP contribution < -0.4 is 0 Å². The smallest absolute Gasteiger partial charge is 0.407 e. The number of nitrogens with zero attached hydrogens (tertiary/aromatic N) is 3. The number of benzene rings is 1. The van der Waals surface area contributed by atoms with Crippen molar-refractivity contribution < 1.29 is 19.5 Å². The molecule has 3 amide bonds. The van der Waals surface area contributed by atoms with Crippen LogP contribution in [0.25, 0.3) is 0 Å². The Morgan fingerprint density at radius 1 is 1.03 bits per heavy atom. The van der Waals surface area contributed by atoms with Crippen molar-refractivity contribution in [2.24, 2.45) is 17.3 Å². The molecule has 1 aliphatic carbocycles. The maximum Gasteiger partial charge on any atom is 0.407 e. The van der Waals surface area contributed by atoms with Crippen molar-refractivity contribution in [1.82, 2.24) is 14.7 Å². The van der Waals surface area contributed by atoms with Crippen LogP contribution in [0.15, 0.2) is 18.2 Å². The number of rotatable bonds is 4. The summed E-state index contributed by atoms with van der Waals surface area (Å²) in [5, 5.41) is 10.4. The maximum absolute atomic E-state index is 13.4. The van der Waals surface area contributed by atoms with Gasteiger partial charge in [-0.2, -0.15) is 0 Å². The first kappa shape index (κ1) is 24.1. The summed E-state index contributed by atoms with van der Waals surface area (Å²) in [6, 6.07) is 4.94. The Kier molecular flexibility index (Phi) is 6.58. The van der Waals surface area contributed by atoms with E-state index in [1.807, 2.05) is 11.0 Å². The average Bonchev–Trinajstić information content (AvgIpc) is 3.21. The van der Waals surface area contributed by atoms with E-state index in [1.54, 1.807) is 17.0 Å².